The molecule has 78 valence electrons. The molecular formula is C7H4BrClF3NO. The Kier molecular flexibility index (Phi) is 3.60. The normalized spacial score (nSPS) is 11.5. The second-order valence-corrected chi connectivity index (χ2v) is 3.38. The molecule has 0 saturated carbocycles. The van der Waals surface area contributed by atoms with Crippen molar-refractivity contribution in [3.05, 3.63) is 22.3 Å². The van der Waals surface area contributed by atoms with Crippen molar-refractivity contribution < 1.29 is 17.9 Å². The van der Waals surface area contributed by atoms with Crippen molar-refractivity contribution in [2.75, 3.05) is 0 Å². The molecule has 0 N–H and O–H groups in total. The molecule has 1 heterocycles. The van der Waals surface area contributed by atoms with Crippen molar-refractivity contribution in [1.82, 2.24) is 4.98 Å². The number of alkyl halides is 4. The molecule has 0 saturated heterocycles. The van der Waals surface area contributed by atoms with Crippen molar-refractivity contribution in [2.24, 2.45) is 0 Å². The zero-order valence-electron chi connectivity index (χ0n) is 6.61. The Balaban J connectivity index is 2.90. The molecule has 0 spiro atoms. The molecule has 0 aliphatic rings. The monoisotopic (exact) mass is 289 g/mol. The van der Waals surface area contributed by atoms with Crippen LogP contribution in [0.4, 0.5) is 13.2 Å². The van der Waals surface area contributed by atoms with E-state index in [4.69, 9.17) is 11.6 Å². The average Bonchev–Trinajstić information content (AvgIpc) is 2.06. The Bertz CT molecular complexity index is 331. The van der Waals surface area contributed by atoms with Crippen LogP contribution < -0.4 is 4.74 Å². The molecule has 0 aromatic carbocycles. The Morgan fingerprint density at radius 1 is 1.43 bits per heavy atom. The summed E-state index contributed by atoms with van der Waals surface area (Å²) in [6.45, 7) is 0. The number of pyridine rings is 1. The van der Waals surface area contributed by atoms with Gasteiger partial charge < -0.3 is 4.74 Å². The maximum atomic E-state index is 11.8. The topological polar surface area (TPSA) is 22.1 Å². The molecule has 1 aromatic rings. The number of hydrogen-bond acceptors (Lipinski definition) is 2. The fourth-order valence-corrected chi connectivity index (χ4v) is 1.46. The molecule has 0 amide bonds. The molecule has 0 fully saturated rings. The van der Waals surface area contributed by atoms with E-state index in [0.29, 0.717) is 10.2 Å². The van der Waals surface area contributed by atoms with Gasteiger partial charge in [-0.1, -0.05) is 0 Å². The van der Waals surface area contributed by atoms with Crippen LogP contribution in [-0.2, 0) is 5.88 Å². The first kappa shape index (κ1) is 11.6. The second kappa shape index (κ2) is 4.35. The molecule has 1 rings (SSSR count). The lowest BCUT2D eigenvalue weighted by atomic mass is 10.4. The van der Waals surface area contributed by atoms with Gasteiger partial charge in [0.25, 0.3) is 0 Å². The summed E-state index contributed by atoms with van der Waals surface area (Å²) in [5.41, 5.74) is 0.299. The summed E-state index contributed by atoms with van der Waals surface area (Å²) in [5.74, 6) is -0.508. The molecular weight excluding hydrogens is 286 g/mol. The summed E-state index contributed by atoms with van der Waals surface area (Å²) in [5, 5.41) is 0. The molecule has 0 unspecified atom stereocenters. The molecule has 0 aliphatic heterocycles. The molecule has 0 aliphatic carbocycles. The van der Waals surface area contributed by atoms with E-state index in [-0.39, 0.29) is 5.88 Å². The molecule has 2 nitrogen and oxygen atoms in total. The number of hydrogen-bond donors (Lipinski definition) is 0. The lowest BCUT2D eigenvalue weighted by molar-refractivity contribution is -0.276. The van der Waals surface area contributed by atoms with Crippen LogP contribution in [0.25, 0.3) is 0 Å². The number of nitrogens with zero attached hydrogens (tertiary/aromatic N) is 1. The van der Waals surface area contributed by atoms with Crippen LogP contribution in [0.3, 0.4) is 0 Å². The van der Waals surface area contributed by atoms with Crippen LogP contribution in [0.5, 0.6) is 5.88 Å². The fraction of sp³-hybridized carbons (Fsp3) is 0.286. The minimum atomic E-state index is -4.73. The third-order valence-corrected chi connectivity index (χ3v) is 2.22. The zero-order chi connectivity index (χ0) is 10.8. The van der Waals surface area contributed by atoms with Gasteiger partial charge in [-0.3, -0.25) is 0 Å². The molecule has 0 bridgehead atoms. The van der Waals surface area contributed by atoms with Crippen LogP contribution in [0.15, 0.2) is 16.6 Å². The third-order valence-electron chi connectivity index (χ3n) is 1.24. The quantitative estimate of drug-likeness (QED) is 0.778. The van der Waals surface area contributed by atoms with Gasteiger partial charge >= 0.3 is 6.36 Å². The van der Waals surface area contributed by atoms with E-state index in [2.05, 4.69) is 25.7 Å². The van der Waals surface area contributed by atoms with Gasteiger partial charge in [-0.25, -0.2) is 4.98 Å². The van der Waals surface area contributed by atoms with Crippen LogP contribution in [0, 0.1) is 0 Å². The number of ether oxygens (including phenoxy) is 1. The van der Waals surface area contributed by atoms with E-state index in [9.17, 15) is 13.2 Å². The van der Waals surface area contributed by atoms with E-state index in [1.54, 1.807) is 0 Å². The lowest BCUT2D eigenvalue weighted by Crippen LogP contribution is -2.18. The summed E-state index contributed by atoms with van der Waals surface area (Å²) in [6, 6.07) is 2.50. The van der Waals surface area contributed by atoms with Gasteiger partial charge in [0.2, 0.25) is 5.88 Å². The first-order chi connectivity index (χ1) is 6.42. The molecule has 14 heavy (non-hydrogen) atoms. The van der Waals surface area contributed by atoms with Crippen molar-refractivity contribution in [2.45, 2.75) is 12.2 Å². The van der Waals surface area contributed by atoms with Gasteiger partial charge in [-0.15, -0.1) is 24.8 Å². The lowest BCUT2D eigenvalue weighted by Gasteiger charge is -2.08. The highest BCUT2D eigenvalue weighted by atomic mass is 79.9. The van der Waals surface area contributed by atoms with E-state index < -0.39 is 12.2 Å². The first-order valence-corrected chi connectivity index (χ1v) is 4.72. The Labute approximate surface area is 91.2 Å². The molecule has 0 atom stereocenters. The SMILES string of the molecule is FC(F)(F)Oc1ccc(Br)c(CCl)n1. The summed E-state index contributed by atoms with van der Waals surface area (Å²) in [4.78, 5) is 3.56. The fourth-order valence-electron chi connectivity index (χ4n) is 0.733. The van der Waals surface area contributed by atoms with Crippen LogP contribution in [0.2, 0.25) is 0 Å². The standard InChI is InChI=1S/C7H4BrClF3NO/c8-4-1-2-6(13-5(4)3-9)14-7(10,11)12/h1-2H,3H2. The molecule has 7 heteroatoms. The van der Waals surface area contributed by atoms with E-state index in [1.807, 2.05) is 0 Å². The number of rotatable bonds is 2. The average molecular weight is 290 g/mol. The Morgan fingerprint density at radius 2 is 2.07 bits per heavy atom. The number of halogens is 5. The van der Waals surface area contributed by atoms with Gasteiger partial charge in [0, 0.05) is 10.5 Å². The summed E-state index contributed by atoms with van der Waals surface area (Å²) in [7, 11) is 0. The van der Waals surface area contributed by atoms with Crippen LogP contribution >= 0.6 is 27.5 Å². The van der Waals surface area contributed by atoms with Crippen molar-refractivity contribution in [1.29, 1.82) is 0 Å². The van der Waals surface area contributed by atoms with Crippen molar-refractivity contribution in [3.8, 4) is 5.88 Å². The Morgan fingerprint density at radius 3 is 2.57 bits per heavy atom. The largest absolute Gasteiger partial charge is 0.574 e. The van der Waals surface area contributed by atoms with E-state index in [1.165, 1.54) is 6.07 Å². The van der Waals surface area contributed by atoms with Crippen LogP contribution in [-0.4, -0.2) is 11.3 Å². The predicted molar refractivity (Wildman–Crippen MR) is 48.2 cm³/mol. The van der Waals surface area contributed by atoms with E-state index >= 15 is 0 Å². The maximum absolute atomic E-state index is 11.8. The van der Waals surface area contributed by atoms with Gasteiger partial charge in [0.1, 0.15) is 0 Å². The van der Waals surface area contributed by atoms with Crippen molar-refractivity contribution in [3.63, 3.8) is 0 Å². The van der Waals surface area contributed by atoms with Crippen molar-refractivity contribution >= 4 is 27.5 Å². The summed E-state index contributed by atoms with van der Waals surface area (Å²) < 4.78 is 39.5. The predicted octanol–water partition coefficient (Wildman–Crippen LogP) is 3.48. The highest BCUT2D eigenvalue weighted by molar-refractivity contribution is 9.10. The highest BCUT2D eigenvalue weighted by Gasteiger charge is 2.31. The van der Waals surface area contributed by atoms with Gasteiger partial charge in [0.15, 0.2) is 0 Å². The van der Waals surface area contributed by atoms with E-state index in [0.717, 1.165) is 6.07 Å². The minimum absolute atomic E-state index is 0.00956. The molecule has 1 aromatic heterocycles. The highest BCUT2D eigenvalue weighted by Crippen LogP contribution is 2.24. The third kappa shape index (κ3) is 3.34. The summed E-state index contributed by atoms with van der Waals surface area (Å²) in [6.07, 6.45) is -4.73. The minimum Gasteiger partial charge on any atom is -0.388 e. The van der Waals surface area contributed by atoms with Crippen LogP contribution in [0.1, 0.15) is 5.69 Å². The van der Waals surface area contributed by atoms with Gasteiger partial charge in [-0.2, -0.15) is 0 Å². The Hall–Kier alpha value is -0.490. The maximum Gasteiger partial charge on any atom is 0.574 e. The number of aromatic nitrogens is 1. The van der Waals surface area contributed by atoms with Gasteiger partial charge in [-0.05, 0) is 22.0 Å². The summed E-state index contributed by atoms with van der Waals surface area (Å²) >= 11 is 8.53. The zero-order valence-corrected chi connectivity index (χ0v) is 8.95. The smallest absolute Gasteiger partial charge is 0.388 e. The van der Waals surface area contributed by atoms with Gasteiger partial charge in [0.05, 0.1) is 11.6 Å². The first-order valence-electron chi connectivity index (χ1n) is 3.39. The molecule has 0 radical (unpaired) electrons. The second-order valence-electron chi connectivity index (χ2n) is 2.26.